The second-order valence-electron chi connectivity index (χ2n) is 9.63. The molecule has 0 amide bonds. The van der Waals surface area contributed by atoms with Gasteiger partial charge in [0.1, 0.15) is 23.7 Å². The molecule has 2 saturated heterocycles. The zero-order valence-corrected chi connectivity index (χ0v) is 21.1. The van der Waals surface area contributed by atoms with E-state index in [1.54, 1.807) is 25.4 Å². The number of nitriles is 1. The van der Waals surface area contributed by atoms with Gasteiger partial charge in [-0.3, -0.25) is 14.6 Å². The van der Waals surface area contributed by atoms with Crippen molar-refractivity contribution in [3.63, 3.8) is 0 Å². The first kappa shape index (κ1) is 26.3. The number of pyridine rings is 2. The van der Waals surface area contributed by atoms with Crippen molar-refractivity contribution in [2.45, 2.75) is 56.7 Å². The van der Waals surface area contributed by atoms with E-state index in [1.165, 1.54) is 12.8 Å². The molecular weight excluding hydrogens is 468 g/mol. The van der Waals surface area contributed by atoms with Gasteiger partial charge in [0.05, 0.1) is 6.61 Å². The van der Waals surface area contributed by atoms with E-state index in [0.29, 0.717) is 12.1 Å². The van der Waals surface area contributed by atoms with Gasteiger partial charge in [-0.1, -0.05) is 30.3 Å². The first-order valence-corrected chi connectivity index (χ1v) is 12.5. The standard InChI is InChI=1S/C17H23NO3.C12H9N3O/c1-18-13-7-8-14(18)10-15(9-13)21-17(20)16(11-19)12-5-3-2-4-6-12;1-8-11(9-2-4-14-5-3-9)6-10(7-13)12(16)15-8/h2-6,13-16,19H,7-11H2,1H3;2-6H,1H3,(H,15,16)/t13-,14+,15+,16?;. The number of aryl methyl sites for hydroxylation is 1. The monoisotopic (exact) mass is 500 g/mol. The number of aromatic amines is 1. The predicted molar refractivity (Wildman–Crippen MR) is 140 cm³/mol. The van der Waals surface area contributed by atoms with Crippen molar-refractivity contribution in [1.82, 2.24) is 14.9 Å². The van der Waals surface area contributed by atoms with E-state index >= 15 is 0 Å². The molecular formula is C29H32N4O4. The number of carbonyl (C=O) groups excluding carboxylic acids is 1. The topological polar surface area (TPSA) is 119 Å². The van der Waals surface area contributed by atoms with Crippen molar-refractivity contribution >= 4 is 5.97 Å². The summed E-state index contributed by atoms with van der Waals surface area (Å²) >= 11 is 0. The minimum absolute atomic E-state index is 0.00367. The number of fused-ring (bicyclic) bond motifs is 2. The molecule has 2 N–H and O–H groups in total. The molecule has 37 heavy (non-hydrogen) atoms. The van der Waals surface area contributed by atoms with Crippen LogP contribution in [-0.2, 0) is 9.53 Å². The lowest BCUT2D eigenvalue weighted by molar-refractivity contribution is -0.155. The van der Waals surface area contributed by atoms with E-state index in [4.69, 9.17) is 10.00 Å². The largest absolute Gasteiger partial charge is 0.462 e. The molecule has 4 heterocycles. The summed E-state index contributed by atoms with van der Waals surface area (Å²) in [5, 5.41) is 18.3. The van der Waals surface area contributed by atoms with Crippen LogP contribution < -0.4 is 5.56 Å². The molecule has 2 aliphatic heterocycles. The van der Waals surface area contributed by atoms with Gasteiger partial charge in [-0.15, -0.1) is 0 Å². The number of aliphatic hydroxyl groups excluding tert-OH is 1. The molecule has 0 saturated carbocycles. The Morgan fingerprint density at radius 3 is 2.43 bits per heavy atom. The molecule has 1 aromatic carbocycles. The van der Waals surface area contributed by atoms with Crippen LogP contribution in [0.1, 0.15) is 48.4 Å². The van der Waals surface area contributed by atoms with Gasteiger partial charge in [0.15, 0.2) is 0 Å². The second-order valence-corrected chi connectivity index (χ2v) is 9.63. The molecule has 2 aliphatic rings. The third-order valence-corrected chi connectivity index (χ3v) is 7.36. The van der Waals surface area contributed by atoms with Crippen LogP contribution in [0.15, 0.2) is 65.7 Å². The summed E-state index contributed by atoms with van der Waals surface area (Å²) in [6.45, 7) is 1.60. The van der Waals surface area contributed by atoms with Gasteiger partial charge in [-0.2, -0.15) is 5.26 Å². The number of carbonyl (C=O) groups is 1. The predicted octanol–water partition coefficient (Wildman–Crippen LogP) is 3.55. The summed E-state index contributed by atoms with van der Waals surface area (Å²) in [5.74, 6) is -0.860. The number of hydrogen-bond acceptors (Lipinski definition) is 7. The number of H-pyrrole nitrogens is 1. The first-order valence-electron chi connectivity index (χ1n) is 12.5. The highest BCUT2D eigenvalue weighted by Crippen LogP contribution is 2.36. The summed E-state index contributed by atoms with van der Waals surface area (Å²) in [5.41, 5.74) is 3.12. The van der Waals surface area contributed by atoms with Crippen LogP contribution in [0.4, 0.5) is 0 Å². The SMILES string of the molecule is CN1[C@@H]2CC[C@H]1C[C@@H](OC(=O)C(CO)c1ccccc1)C2.Cc1[nH]c(=O)c(C#N)cc1-c1ccncc1. The molecule has 4 atom stereocenters. The maximum atomic E-state index is 12.4. The number of benzene rings is 1. The summed E-state index contributed by atoms with van der Waals surface area (Å²) in [6, 6.07) is 17.6. The quantitative estimate of drug-likeness (QED) is 0.514. The van der Waals surface area contributed by atoms with E-state index in [2.05, 4.69) is 21.9 Å². The molecule has 8 heteroatoms. The van der Waals surface area contributed by atoms with E-state index in [-0.39, 0.29) is 29.8 Å². The number of ether oxygens (including phenoxy) is 1. The van der Waals surface area contributed by atoms with Gasteiger partial charge in [-0.05, 0) is 69.0 Å². The third kappa shape index (κ3) is 6.13. The lowest BCUT2D eigenvalue weighted by Crippen LogP contribution is -2.43. The minimum Gasteiger partial charge on any atom is -0.462 e. The molecule has 0 radical (unpaired) electrons. The molecule has 5 rings (SSSR count). The van der Waals surface area contributed by atoms with Crippen molar-refractivity contribution < 1.29 is 14.6 Å². The molecule has 3 aromatic rings. The van der Waals surface area contributed by atoms with Gasteiger partial charge < -0.3 is 19.7 Å². The van der Waals surface area contributed by atoms with Crippen LogP contribution in [0, 0.1) is 18.3 Å². The number of nitrogens with zero attached hydrogens (tertiary/aromatic N) is 3. The van der Waals surface area contributed by atoms with E-state index in [1.807, 2.05) is 48.5 Å². The zero-order chi connectivity index (χ0) is 26.4. The fourth-order valence-electron chi connectivity index (χ4n) is 5.24. The number of nitrogens with one attached hydrogen (secondary N) is 1. The second kappa shape index (κ2) is 12.0. The number of piperidine rings is 1. The van der Waals surface area contributed by atoms with Crippen LogP contribution in [0.2, 0.25) is 0 Å². The fraction of sp³-hybridized carbons (Fsp3) is 0.379. The molecule has 2 aromatic heterocycles. The Hall–Kier alpha value is -3.80. The van der Waals surface area contributed by atoms with E-state index < -0.39 is 5.92 Å². The van der Waals surface area contributed by atoms with E-state index in [0.717, 1.165) is 35.2 Å². The maximum absolute atomic E-state index is 12.4. The Morgan fingerprint density at radius 1 is 1.19 bits per heavy atom. The summed E-state index contributed by atoms with van der Waals surface area (Å²) in [6.07, 6.45) is 7.60. The molecule has 0 spiro atoms. The van der Waals surface area contributed by atoms with Crippen molar-refractivity contribution in [3.8, 4) is 17.2 Å². The number of esters is 1. The Kier molecular flexibility index (Phi) is 8.49. The summed E-state index contributed by atoms with van der Waals surface area (Å²) in [4.78, 5) is 32.7. The number of rotatable bonds is 5. The van der Waals surface area contributed by atoms with Crippen molar-refractivity contribution in [2.75, 3.05) is 13.7 Å². The smallest absolute Gasteiger partial charge is 0.316 e. The van der Waals surface area contributed by atoms with Crippen LogP contribution in [-0.4, -0.2) is 57.8 Å². The molecule has 2 fully saturated rings. The van der Waals surface area contributed by atoms with Crippen LogP contribution >= 0.6 is 0 Å². The summed E-state index contributed by atoms with van der Waals surface area (Å²) < 4.78 is 5.70. The van der Waals surface area contributed by atoms with Crippen molar-refractivity contribution in [3.05, 3.63) is 88.1 Å². The normalized spacial score (nSPS) is 21.3. The number of aromatic nitrogens is 2. The lowest BCUT2D eigenvalue weighted by Gasteiger charge is -2.36. The lowest BCUT2D eigenvalue weighted by atomic mass is 9.98. The third-order valence-electron chi connectivity index (χ3n) is 7.36. The highest BCUT2D eigenvalue weighted by atomic mass is 16.5. The minimum atomic E-state index is -0.566. The average molecular weight is 501 g/mol. The Balaban J connectivity index is 0.000000180. The Labute approximate surface area is 216 Å². The molecule has 8 nitrogen and oxygen atoms in total. The highest BCUT2D eigenvalue weighted by molar-refractivity contribution is 5.78. The first-order chi connectivity index (χ1) is 17.9. The van der Waals surface area contributed by atoms with Gasteiger partial charge in [0, 0.05) is 35.7 Å². The molecule has 0 aliphatic carbocycles. The van der Waals surface area contributed by atoms with Gasteiger partial charge >= 0.3 is 5.97 Å². The van der Waals surface area contributed by atoms with Crippen LogP contribution in [0.5, 0.6) is 0 Å². The van der Waals surface area contributed by atoms with Gasteiger partial charge in [-0.25, -0.2) is 0 Å². The molecule has 2 bridgehead atoms. The summed E-state index contributed by atoms with van der Waals surface area (Å²) in [7, 11) is 2.17. The zero-order valence-electron chi connectivity index (χ0n) is 21.1. The van der Waals surface area contributed by atoms with Gasteiger partial charge in [0.25, 0.3) is 5.56 Å². The maximum Gasteiger partial charge on any atom is 0.316 e. The fourth-order valence-corrected chi connectivity index (χ4v) is 5.24. The highest BCUT2D eigenvalue weighted by Gasteiger charge is 2.40. The Morgan fingerprint density at radius 2 is 1.84 bits per heavy atom. The molecule has 1 unspecified atom stereocenters. The number of aliphatic hydroxyl groups is 1. The van der Waals surface area contributed by atoms with E-state index in [9.17, 15) is 14.7 Å². The van der Waals surface area contributed by atoms with Crippen LogP contribution in [0.3, 0.4) is 0 Å². The number of hydrogen-bond donors (Lipinski definition) is 2. The van der Waals surface area contributed by atoms with Crippen molar-refractivity contribution in [2.24, 2.45) is 0 Å². The van der Waals surface area contributed by atoms with Gasteiger partial charge in [0.2, 0.25) is 0 Å². The van der Waals surface area contributed by atoms with Crippen LogP contribution in [0.25, 0.3) is 11.1 Å². The molecule has 192 valence electrons. The Bertz CT molecular complexity index is 1290. The average Bonchev–Trinajstić information content (AvgIpc) is 3.10. The van der Waals surface area contributed by atoms with Crippen molar-refractivity contribution in [1.29, 1.82) is 5.26 Å².